The molecule has 0 bridgehead atoms. The van der Waals surface area contributed by atoms with Gasteiger partial charge in [-0.3, -0.25) is 24.4 Å². The number of carboxylic acid groups (broad SMARTS) is 3. The molecule has 38 heteroatoms. The van der Waals surface area contributed by atoms with Crippen molar-refractivity contribution in [1.82, 2.24) is 85.6 Å². The predicted octanol–water partition coefficient (Wildman–Crippen LogP) is 14.4. The highest BCUT2D eigenvalue weighted by atomic mass is 35.5. The molecular formula is C94H111Cl5FN25O7. The first-order chi connectivity index (χ1) is 63.7. The number of hydrogen-bond donors (Lipinski definition) is 12. The smallest absolute Gasteiger partial charge is 0.338 e. The topological polar surface area (TPSA) is 437 Å². The van der Waals surface area contributed by atoms with E-state index in [1.165, 1.54) is 34.4 Å². The fourth-order valence-corrected chi connectivity index (χ4v) is 17.8. The normalized spacial score (nSPS) is 14.7. The van der Waals surface area contributed by atoms with E-state index in [-0.39, 0.29) is 28.1 Å². The Labute approximate surface area is 790 Å². The molecule has 16 rings (SSSR count). The SMILES string of the molecule is Cc1ccc(CN(CCc2ccc(Cl)cc2)C2CCN(c3n[nH]c(N)n3)CC2)cc1C(=O)O.Nc1nc(N2CCC(N(CCNC(=O)c3ccccc3)CCc3ccc(Cl)cc3)CC2)n[nH]1.Nc1nc(N2CCC(N(CCc3ccc(Cl)cc3)Cc3ccc(Cl)c(C(=O)O)c3)CC2)n[nH]1.Nc1nc(N2CCC(N(CCc3ccc(Cl)cc3)Cc3ccc(F)c(C(=O)O)c3)CC2)n[nH]1. The summed E-state index contributed by atoms with van der Waals surface area (Å²) >= 11 is 30.2. The van der Waals surface area contributed by atoms with Gasteiger partial charge >= 0.3 is 17.9 Å². The maximum absolute atomic E-state index is 13.9. The number of amides is 1. The molecule has 4 saturated heterocycles. The zero-order valence-electron chi connectivity index (χ0n) is 73.3. The number of aromatic carboxylic acids is 3. The van der Waals surface area contributed by atoms with Crippen LogP contribution in [-0.2, 0) is 45.3 Å². The van der Waals surface area contributed by atoms with Crippen molar-refractivity contribution >= 4 is 129 Å². The largest absolute Gasteiger partial charge is 0.478 e. The van der Waals surface area contributed by atoms with E-state index in [1.54, 1.807) is 24.3 Å². The van der Waals surface area contributed by atoms with Gasteiger partial charge in [-0.05, 0) is 219 Å². The lowest BCUT2D eigenvalue weighted by Crippen LogP contribution is -2.48. The molecule has 0 radical (unpaired) electrons. The van der Waals surface area contributed by atoms with Gasteiger partial charge in [0.15, 0.2) is 0 Å². The second-order valence-corrected chi connectivity index (χ2v) is 35.4. The van der Waals surface area contributed by atoms with Crippen molar-refractivity contribution in [1.29, 1.82) is 0 Å². The summed E-state index contributed by atoms with van der Waals surface area (Å²) in [6.07, 6.45) is 11.1. The van der Waals surface area contributed by atoms with Crippen molar-refractivity contribution in [2.75, 3.05) is 134 Å². The number of carbonyl (C=O) groups excluding carboxylic acids is 1. The Morgan fingerprint density at radius 1 is 0.379 bits per heavy atom. The second kappa shape index (κ2) is 47.8. The highest BCUT2D eigenvalue weighted by molar-refractivity contribution is 6.33. The average Bonchev–Trinajstić information content (AvgIpc) is 1.39. The second-order valence-electron chi connectivity index (χ2n) is 33.2. The summed E-state index contributed by atoms with van der Waals surface area (Å²) in [5, 5.41) is 61.9. The van der Waals surface area contributed by atoms with E-state index < -0.39 is 23.7 Å². The fraction of sp³-hybridized carbons (Fsp3) is 0.362. The molecule has 4 aliphatic heterocycles. The first-order valence-corrected chi connectivity index (χ1v) is 46.0. The molecule has 696 valence electrons. The fourth-order valence-electron chi connectivity index (χ4n) is 17.1. The van der Waals surface area contributed by atoms with E-state index in [4.69, 9.17) is 80.9 Å². The molecule has 4 aliphatic rings. The van der Waals surface area contributed by atoms with E-state index in [9.17, 15) is 38.9 Å². The quantitative estimate of drug-likeness (QED) is 0.0182. The molecule has 0 atom stereocenters. The summed E-state index contributed by atoms with van der Waals surface area (Å²) in [6.45, 7) is 15.1. The molecule has 8 heterocycles. The van der Waals surface area contributed by atoms with Gasteiger partial charge in [-0.25, -0.2) is 39.2 Å². The van der Waals surface area contributed by atoms with Crippen LogP contribution >= 0.6 is 58.0 Å². The van der Waals surface area contributed by atoms with Crippen molar-refractivity contribution in [2.24, 2.45) is 0 Å². The Balaban J connectivity index is 0.000000150. The van der Waals surface area contributed by atoms with Crippen molar-refractivity contribution in [3.8, 4) is 0 Å². The zero-order chi connectivity index (χ0) is 93.2. The number of anilines is 8. The van der Waals surface area contributed by atoms with E-state index in [2.05, 4.69) is 130 Å². The lowest BCUT2D eigenvalue weighted by Gasteiger charge is -2.38. The predicted molar refractivity (Wildman–Crippen MR) is 516 cm³/mol. The number of piperidine rings is 4. The molecule has 0 unspecified atom stereocenters. The Morgan fingerprint density at radius 2 is 0.667 bits per heavy atom. The van der Waals surface area contributed by atoms with Gasteiger partial charge in [-0.2, -0.15) is 19.9 Å². The third kappa shape index (κ3) is 28.7. The first-order valence-electron chi connectivity index (χ1n) is 44.1. The summed E-state index contributed by atoms with van der Waals surface area (Å²) in [5.74, 6) is -0.130. The number of hydrogen-bond acceptors (Lipinski definition) is 24. The van der Waals surface area contributed by atoms with Crippen LogP contribution in [0.5, 0.6) is 0 Å². The van der Waals surface area contributed by atoms with Gasteiger partial charge in [0, 0.05) is 161 Å². The van der Waals surface area contributed by atoms with Crippen LogP contribution < -0.4 is 47.9 Å². The summed E-state index contributed by atoms with van der Waals surface area (Å²) < 4.78 is 13.9. The van der Waals surface area contributed by atoms with Crippen LogP contribution in [0.3, 0.4) is 0 Å². The van der Waals surface area contributed by atoms with E-state index in [0.29, 0.717) is 108 Å². The molecule has 4 fully saturated rings. The Hall–Kier alpha value is -12.2. The monoisotopic (exact) mass is 1900 g/mol. The van der Waals surface area contributed by atoms with Crippen LogP contribution in [0.25, 0.3) is 0 Å². The van der Waals surface area contributed by atoms with Crippen molar-refractivity contribution in [3.05, 3.63) is 280 Å². The lowest BCUT2D eigenvalue weighted by atomic mass is 10.00. The van der Waals surface area contributed by atoms with Crippen LogP contribution in [0.1, 0.15) is 137 Å². The van der Waals surface area contributed by atoms with Crippen LogP contribution in [0.4, 0.5) is 52.0 Å². The minimum Gasteiger partial charge on any atom is -0.478 e. The minimum absolute atomic E-state index is 0.0368. The number of rotatable bonds is 33. The molecule has 0 saturated carbocycles. The van der Waals surface area contributed by atoms with E-state index in [1.807, 2.05) is 128 Å². The van der Waals surface area contributed by atoms with Gasteiger partial charge < -0.3 is 63.2 Å². The number of aromatic nitrogens is 12. The van der Waals surface area contributed by atoms with Crippen LogP contribution in [-0.4, -0.2) is 235 Å². The van der Waals surface area contributed by atoms with Crippen LogP contribution in [0, 0.1) is 12.7 Å². The molecule has 132 heavy (non-hydrogen) atoms. The lowest BCUT2D eigenvalue weighted by molar-refractivity contribution is 0.0682. The van der Waals surface area contributed by atoms with Gasteiger partial charge in [0.25, 0.3) is 5.91 Å². The number of nitrogen functional groups attached to an aromatic ring is 4. The van der Waals surface area contributed by atoms with Gasteiger partial charge in [0.2, 0.25) is 47.6 Å². The molecule has 16 N–H and O–H groups in total. The molecule has 8 aromatic carbocycles. The van der Waals surface area contributed by atoms with Gasteiger partial charge in [0.1, 0.15) is 5.82 Å². The number of nitrogens with one attached hydrogen (secondary N) is 5. The van der Waals surface area contributed by atoms with Crippen LogP contribution in [0.15, 0.2) is 182 Å². The highest BCUT2D eigenvalue weighted by Gasteiger charge is 2.33. The molecule has 32 nitrogen and oxygen atoms in total. The zero-order valence-corrected chi connectivity index (χ0v) is 77.1. The number of H-pyrrole nitrogens is 4. The van der Waals surface area contributed by atoms with Gasteiger partial charge in [-0.1, -0.05) is 149 Å². The number of aromatic amines is 4. The third-order valence-electron chi connectivity index (χ3n) is 24.4. The molecule has 1 amide bonds. The van der Waals surface area contributed by atoms with Crippen molar-refractivity contribution in [3.63, 3.8) is 0 Å². The number of carbonyl (C=O) groups is 4. The maximum atomic E-state index is 13.9. The number of halogens is 6. The third-order valence-corrected chi connectivity index (χ3v) is 25.7. The molecule has 0 aliphatic carbocycles. The number of carboxylic acids is 3. The first kappa shape index (κ1) is 97.4. The summed E-state index contributed by atoms with van der Waals surface area (Å²) in [4.78, 5) is 82.2. The van der Waals surface area contributed by atoms with Gasteiger partial charge in [0.05, 0.1) is 21.7 Å². The number of nitrogens with zero attached hydrogens (tertiary/aromatic N) is 16. The number of nitrogens with two attached hydrogens (primary N) is 4. The number of benzene rings is 8. The summed E-state index contributed by atoms with van der Waals surface area (Å²) in [5.41, 5.74) is 31.9. The van der Waals surface area contributed by atoms with Gasteiger partial charge in [-0.15, -0.1) is 20.4 Å². The standard InChI is InChI=1S/C24H30ClN7O.C24H29ClN6O2.C23H26Cl2N6O2.C23H26ClFN6O2/c25-20-8-6-18(7-9-20)10-14-31(17-13-27-22(33)19-4-2-1-3-5-19)21-11-15-32(16-12-21)24-28-23(26)29-30-24;1-16-2-3-18(14-21(16)22(32)33)15-31(11-8-17-4-6-19(25)7-5-17)20-9-12-30(13-10-20)24-27-23(26)28-29-24;2*24-17-4-1-15(2-5-17)7-10-31(14-16-3-6-20(25)19(13-16)21(32)33)18-8-11-30(12-9-18)23-27-22(26)28-29-23/h1-9,21H,10-17H2,(H,27,33)(H3,26,28,29,30);2-7,14,20H,8-13,15H2,1H3,(H,32,33)(H3,26,27,28,29);2*1-6,13,18H,7-12,14H2,(H,32,33)(H3,26,27,28,29). The highest BCUT2D eigenvalue weighted by Crippen LogP contribution is 2.31. The Bertz CT molecular complexity index is 5280. The summed E-state index contributed by atoms with van der Waals surface area (Å²) in [7, 11) is 0. The summed E-state index contributed by atoms with van der Waals surface area (Å²) in [6, 6.07) is 57.7. The van der Waals surface area contributed by atoms with Crippen LogP contribution in [0.2, 0.25) is 25.1 Å². The van der Waals surface area contributed by atoms with E-state index >= 15 is 0 Å². The number of aryl methyl sites for hydroxylation is 1. The van der Waals surface area contributed by atoms with E-state index in [0.717, 1.165) is 199 Å². The Morgan fingerprint density at radius 3 is 0.985 bits per heavy atom. The Kier molecular flexibility index (Phi) is 35.2. The molecular weight excluding hydrogens is 1790 g/mol. The molecule has 4 aromatic heterocycles. The van der Waals surface area contributed by atoms with Crippen molar-refractivity contribution < 1.29 is 38.9 Å². The minimum atomic E-state index is -1.26. The molecule has 0 spiro atoms. The molecule has 12 aromatic rings. The van der Waals surface area contributed by atoms with Crippen molar-refractivity contribution in [2.45, 2.75) is 128 Å². The average molecular weight is 1900 g/mol. The maximum Gasteiger partial charge on any atom is 0.338 e.